The van der Waals surface area contributed by atoms with E-state index >= 15 is 0 Å². The Morgan fingerprint density at radius 3 is 2.09 bits per heavy atom. The maximum absolute atomic E-state index is 14.5. The SMILES string of the molecule is C=CCOc1c(F)cc(C2CCC(C3CCC4CC(CCCCCCC)CCC4C3)CC2)cc1F. The summed E-state index contributed by atoms with van der Waals surface area (Å²) in [7, 11) is 0. The van der Waals surface area contributed by atoms with Crippen molar-refractivity contribution >= 4 is 0 Å². The molecule has 4 atom stereocenters. The number of rotatable bonds is 11. The largest absolute Gasteiger partial charge is 0.483 e. The van der Waals surface area contributed by atoms with E-state index in [4.69, 9.17) is 4.74 Å². The second-order valence-electron chi connectivity index (χ2n) is 12.0. The molecule has 0 radical (unpaired) electrons. The summed E-state index contributed by atoms with van der Waals surface area (Å²) in [5.41, 5.74) is 0.807. The van der Waals surface area contributed by atoms with Crippen molar-refractivity contribution in [1.82, 2.24) is 0 Å². The van der Waals surface area contributed by atoms with Crippen LogP contribution in [0.1, 0.15) is 121 Å². The molecule has 3 aliphatic carbocycles. The van der Waals surface area contributed by atoms with E-state index in [0.717, 1.165) is 48.0 Å². The summed E-state index contributed by atoms with van der Waals surface area (Å²) in [4.78, 5) is 0. The van der Waals surface area contributed by atoms with Crippen molar-refractivity contribution in [3.8, 4) is 5.75 Å². The average Bonchev–Trinajstić information content (AvgIpc) is 2.88. The van der Waals surface area contributed by atoms with Crippen LogP contribution in [0.4, 0.5) is 8.78 Å². The molecular formula is C32H48F2O. The molecule has 196 valence electrons. The summed E-state index contributed by atoms with van der Waals surface area (Å²) in [6, 6.07) is 3.00. The lowest BCUT2D eigenvalue weighted by Gasteiger charge is -2.45. The van der Waals surface area contributed by atoms with Crippen LogP contribution in [0.25, 0.3) is 0 Å². The lowest BCUT2D eigenvalue weighted by molar-refractivity contribution is 0.0613. The van der Waals surface area contributed by atoms with Gasteiger partial charge in [0.25, 0.3) is 0 Å². The van der Waals surface area contributed by atoms with E-state index in [1.165, 1.54) is 108 Å². The van der Waals surface area contributed by atoms with Crippen LogP contribution in [0, 0.1) is 41.2 Å². The molecule has 0 amide bonds. The first-order valence-electron chi connectivity index (χ1n) is 14.8. The third kappa shape index (κ3) is 7.10. The van der Waals surface area contributed by atoms with Crippen LogP contribution < -0.4 is 4.74 Å². The Bertz CT molecular complexity index is 774. The van der Waals surface area contributed by atoms with E-state index in [2.05, 4.69) is 13.5 Å². The molecule has 0 heterocycles. The molecule has 4 unspecified atom stereocenters. The molecule has 3 saturated carbocycles. The maximum Gasteiger partial charge on any atom is 0.191 e. The molecule has 35 heavy (non-hydrogen) atoms. The predicted molar refractivity (Wildman–Crippen MR) is 142 cm³/mol. The molecule has 0 aliphatic heterocycles. The van der Waals surface area contributed by atoms with E-state index in [1.807, 2.05) is 0 Å². The zero-order valence-electron chi connectivity index (χ0n) is 22.1. The first-order chi connectivity index (χ1) is 17.1. The molecule has 3 heteroatoms. The number of fused-ring (bicyclic) bond motifs is 1. The third-order valence-electron chi connectivity index (χ3n) is 9.75. The molecule has 1 aromatic carbocycles. The van der Waals surface area contributed by atoms with Gasteiger partial charge in [-0.15, -0.1) is 0 Å². The molecule has 3 fully saturated rings. The Kier molecular flexibility index (Phi) is 10.1. The Balaban J connectivity index is 1.22. The normalized spacial score (nSPS) is 31.1. The van der Waals surface area contributed by atoms with Gasteiger partial charge in [0.1, 0.15) is 6.61 Å². The monoisotopic (exact) mass is 486 g/mol. The van der Waals surface area contributed by atoms with Crippen LogP contribution in [0.15, 0.2) is 24.8 Å². The molecular weight excluding hydrogens is 438 g/mol. The summed E-state index contributed by atoms with van der Waals surface area (Å²) in [5.74, 6) is 3.48. The molecule has 0 bridgehead atoms. The van der Waals surface area contributed by atoms with Gasteiger partial charge in [0.2, 0.25) is 0 Å². The highest BCUT2D eigenvalue weighted by atomic mass is 19.1. The van der Waals surface area contributed by atoms with Crippen molar-refractivity contribution in [2.75, 3.05) is 6.61 Å². The van der Waals surface area contributed by atoms with Gasteiger partial charge in [0.15, 0.2) is 17.4 Å². The van der Waals surface area contributed by atoms with Crippen molar-refractivity contribution in [1.29, 1.82) is 0 Å². The minimum Gasteiger partial charge on any atom is -0.483 e. The fourth-order valence-corrected chi connectivity index (χ4v) is 7.77. The molecule has 1 aromatic rings. The zero-order chi connectivity index (χ0) is 24.6. The molecule has 4 rings (SSSR count). The van der Waals surface area contributed by atoms with Crippen molar-refractivity contribution in [2.24, 2.45) is 29.6 Å². The number of benzene rings is 1. The molecule has 3 aliphatic rings. The highest BCUT2D eigenvalue weighted by Gasteiger charge is 2.38. The first kappa shape index (κ1) is 26.7. The summed E-state index contributed by atoms with van der Waals surface area (Å²) in [6.45, 7) is 5.96. The summed E-state index contributed by atoms with van der Waals surface area (Å²) in [5, 5.41) is 0. The summed E-state index contributed by atoms with van der Waals surface area (Å²) < 4.78 is 34.1. The van der Waals surface area contributed by atoms with E-state index in [9.17, 15) is 8.78 Å². The van der Waals surface area contributed by atoms with Crippen LogP contribution in [0.5, 0.6) is 5.75 Å². The van der Waals surface area contributed by atoms with Crippen molar-refractivity contribution < 1.29 is 13.5 Å². The number of halogens is 2. The second-order valence-corrected chi connectivity index (χ2v) is 12.0. The van der Waals surface area contributed by atoms with Gasteiger partial charge in [-0.25, -0.2) is 8.78 Å². The first-order valence-corrected chi connectivity index (χ1v) is 14.8. The van der Waals surface area contributed by atoms with E-state index in [-0.39, 0.29) is 18.3 Å². The third-order valence-corrected chi connectivity index (χ3v) is 9.75. The lowest BCUT2D eigenvalue weighted by atomic mass is 9.60. The van der Waals surface area contributed by atoms with Crippen LogP contribution >= 0.6 is 0 Å². The summed E-state index contributed by atoms with van der Waals surface area (Å²) >= 11 is 0. The number of ether oxygens (including phenoxy) is 1. The minimum atomic E-state index is -0.584. The van der Waals surface area contributed by atoms with Gasteiger partial charge in [0, 0.05) is 0 Å². The molecule has 0 spiro atoms. The zero-order valence-corrected chi connectivity index (χ0v) is 22.1. The van der Waals surface area contributed by atoms with Gasteiger partial charge >= 0.3 is 0 Å². The number of unbranched alkanes of at least 4 members (excludes halogenated alkanes) is 4. The molecule has 0 aromatic heterocycles. The number of hydrogen-bond donors (Lipinski definition) is 0. The van der Waals surface area contributed by atoms with Gasteiger partial charge in [-0.3, -0.25) is 0 Å². The molecule has 1 nitrogen and oxygen atoms in total. The maximum atomic E-state index is 14.5. The number of hydrogen-bond acceptors (Lipinski definition) is 1. The minimum absolute atomic E-state index is 0.112. The van der Waals surface area contributed by atoms with Crippen LogP contribution in [-0.4, -0.2) is 6.61 Å². The van der Waals surface area contributed by atoms with E-state index in [0.29, 0.717) is 0 Å². The Labute approximate surface area is 213 Å². The Morgan fingerprint density at radius 1 is 0.800 bits per heavy atom. The molecule has 0 saturated heterocycles. The van der Waals surface area contributed by atoms with Crippen LogP contribution in [0.2, 0.25) is 0 Å². The highest BCUT2D eigenvalue weighted by molar-refractivity contribution is 5.33. The highest BCUT2D eigenvalue weighted by Crippen LogP contribution is 2.50. The van der Waals surface area contributed by atoms with Crippen molar-refractivity contribution in [2.45, 2.75) is 116 Å². The van der Waals surface area contributed by atoms with Gasteiger partial charge < -0.3 is 4.74 Å². The second kappa shape index (κ2) is 13.2. The molecule has 0 N–H and O–H groups in total. The predicted octanol–water partition coefficient (Wildman–Crippen LogP) is 10.00. The topological polar surface area (TPSA) is 9.23 Å². The Hall–Kier alpha value is -1.38. The Morgan fingerprint density at radius 2 is 1.40 bits per heavy atom. The fourth-order valence-electron chi connectivity index (χ4n) is 7.77. The fraction of sp³-hybridized carbons (Fsp3) is 0.750. The van der Waals surface area contributed by atoms with Crippen molar-refractivity contribution in [3.63, 3.8) is 0 Å². The van der Waals surface area contributed by atoms with Gasteiger partial charge in [-0.1, -0.05) is 64.5 Å². The quantitative estimate of drug-likeness (QED) is 0.223. The standard InChI is InChI=1S/C32H48F2O/c1-3-5-6-7-8-9-23-10-11-28-20-27(17-16-26(28)19-23)24-12-14-25(15-13-24)29-21-30(33)32(31(34)22-29)35-18-4-2/h4,21-28H,2-3,5-20H2,1H3. The van der Waals surface area contributed by atoms with E-state index in [1.54, 1.807) is 0 Å². The van der Waals surface area contributed by atoms with Gasteiger partial charge in [-0.05, 0) is 111 Å². The van der Waals surface area contributed by atoms with Crippen LogP contribution in [0.3, 0.4) is 0 Å². The summed E-state index contributed by atoms with van der Waals surface area (Å²) in [6.07, 6.45) is 23.3. The van der Waals surface area contributed by atoms with Gasteiger partial charge in [-0.2, -0.15) is 0 Å². The van der Waals surface area contributed by atoms with Crippen LogP contribution in [-0.2, 0) is 0 Å². The lowest BCUT2D eigenvalue weighted by Crippen LogP contribution is -2.34. The average molecular weight is 487 g/mol. The smallest absolute Gasteiger partial charge is 0.191 e. The van der Waals surface area contributed by atoms with E-state index < -0.39 is 11.6 Å². The van der Waals surface area contributed by atoms with Gasteiger partial charge in [0.05, 0.1) is 0 Å². The van der Waals surface area contributed by atoms with Crippen molar-refractivity contribution in [3.05, 3.63) is 42.0 Å².